The molecule has 2 atom stereocenters. The van der Waals surface area contributed by atoms with Crippen LogP contribution in [0.4, 0.5) is 4.79 Å². The van der Waals surface area contributed by atoms with Gasteiger partial charge in [-0.25, -0.2) is 4.79 Å². The molecule has 2 aliphatic heterocycles. The first kappa shape index (κ1) is 16.5. The normalized spacial score (nSPS) is 24.3. The first-order valence-corrected chi connectivity index (χ1v) is 8.17. The molecule has 0 aromatic heterocycles. The molecule has 24 heavy (non-hydrogen) atoms. The maximum atomic E-state index is 13.1. The lowest BCUT2D eigenvalue weighted by molar-refractivity contribution is -0.139. The Hall–Kier alpha value is -2.34. The van der Waals surface area contributed by atoms with E-state index in [1.807, 2.05) is 32.0 Å². The molecule has 1 aromatic carbocycles. The van der Waals surface area contributed by atoms with Gasteiger partial charge >= 0.3 is 6.03 Å². The number of ether oxygens (including phenoxy) is 1. The van der Waals surface area contributed by atoms with E-state index in [0.29, 0.717) is 32.0 Å². The molecule has 0 bridgehead atoms. The Morgan fingerprint density at radius 1 is 1.29 bits per heavy atom. The molecule has 0 aliphatic carbocycles. The quantitative estimate of drug-likeness (QED) is 0.867. The van der Waals surface area contributed by atoms with Crippen molar-refractivity contribution in [3.8, 4) is 0 Å². The summed E-state index contributed by atoms with van der Waals surface area (Å²) in [6, 6.07) is 5.32. The molecule has 0 unspecified atom stereocenters. The van der Waals surface area contributed by atoms with Crippen molar-refractivity contribution in [2.24, 2.45) is 5.92 Å². The number of morpholine rings is 1. The number of nitrogens with zero attached hydrogens (tertiary/aromatic N) is 1. The fourth-order valence-electron chi connectivity index (χ4n) is 3.31. The number of hydrogen-bond acceptors (Lipinski definition) is 3. The van der Waals surface area contributed by atoms with Crippen molar-refractivity contribution in [2.75, 3.05) is 26.3 Å². The van der Waals surface area contributed by atoms with Gasteiger partial charge in [0, 0.05) is 18.8 Å². The second kappa shape index (κ2) is 6.65. The SMILES string of the molecule is C=C1NC(=O)N[C@@H](c2cc(C)ccc2C)[C@@H]1C(=O)N1CCOCC1. The summed E-state index contributed by atoms with van der Waals surface area (Å²) in [4.78, 5) is 26.8. The van der Waals surface area contributed by atoms with Gasteiger partial charge in [0.25, 0.3) is 0 Å². The zero-order valence-corrected chi connectivity index (χ0v) is 14.1. The molecule has 2 saturated heterocycles. The van der Waals surface area contributed by atoms with Gasteiger partial charge in [-0.15, -0.1) is 0 Å². The molecular formula is C18H23N3O3. The van der Waals surface area contributed by atoms with E-state index in [0.717, 1.165) is 16.7 Å². The largest absolute Gasteiger partial charge is 0.378 e. The Labute approximate surface area is 141 Å². The van der Waals surface area contributed by atoms with Crippen molar-refractivity contribution in [2.45, 2.75) is 19.9 Å². The Kier molecular flexibility index (Phi) is 4.57. The number of rotatable bonds is 2. The zero-order valence-electron chi connectivity index (χ0n) is 14.1. The second-order valence-electron chi connectivity index (χ2n) is 6.38. The number of aryl methyl sites for hydroxylation is 2. The van der Waals surface area contributed by atoms with Crippen molar-refractivity contribution in [1.82, 2.24) is 15.5 Å². The third-order valence-electron chi connectivity index (χ3n) is 4.63. The molecule has 3 rings (SSSR count). The predicted molar refractivity (Wildman–Crippen MR) is 90.4 cm³/mol. The summed E-state index contributed by atoms with van der Waals surface area (Å²) in [7, 11) is 0. The van der Waals surface area contributed by atoms with Gasteiger partial charge in [0.15, 0.2) is 0 Å². The molecule has 2 fully saturated rings. The van der Waals surface area contributed by atoms with E-state index in [2.05, 4.69) is 17.2 Å². The lowest BCUT2D eigenvalue weighted by Gasteiger charge is -2.38. The minimum absolute atomic E-state index is 0.0262. The van der Waals surface area contributed by atoms with Gasteiger partial charge in [0.05, 0.1) is 19.3 Å². The highest BCUT2D eigenvalue weighted by Crippen LogP contribution is 2.33. The standard InChI is InChI=1S/C18H23N3O3/c1-11-4-5-12(2)14(10-11)16-15(13(3)19-18(23)20-16)17(22)21-6-8-24-9-7-21/h4-5,10,15-16H,3,6-9H2,1-2H3,(H2,19,20,23)/t15-,16+/m1/s1. The van der Waals surface area contributed by atoms with Gasteiger partial charge in [-0.2, -0.15) is 0 Å². The molecule has 2 heterocycles. The second-order valence-corrected chi connectivity index (χ2v) is 6.38. The number of hydrogen-bond donors (Lipinski definition) is 2. The third-order valence-corrected chi connectivity index (χ3v) is 4.63. The summed E-state index contributed by atoms with van der Waals surface area (Å²) in [6.07, 6.45) is 0. The van der Waals surface area contributed by atoms with Crippen LogP contribution in [-0.2, 0) is 9.53 Å². The van der Waals surface area contributed by atoms with Crippen LogP contribution in [0.5, 0.6) is 0 Å². The molecule has 1 aromatic rings. The van der Waals surface area contributed by atoms with Gasteiger partial charge in [0.1, 0.15) is 5.92 Å². The number of amides is 3. The van der Waals surface area contributed by atoms with Crippen LogP contribution in [0.15, 0.2) is 30.5 Å². The predicted octanol–water partition coefficient (Wildman–Crippen LogP) is 1.65. The Bertz CT molecular complexity index is 680. The van der Waals surface area contributed by atoms with E-state index in [1.165, 1.54) is 0 Å². The minimum atomic E-state index is -0.527. The first-order chi connectivity index (χ1) is 11.5. The van der Waals surface area contributed by atoms with Gasteiger partial charge < -0.3 is 20.3 Å². The molecule has 0 radical (unpaired) electrons. The van der Waals surface area contributed by atoms with Crippen LogP contribution in [0, 0.1) is 19.8 Å². The molecule has 6 heteroatoms. The fourth-order valence-corrected chi connectivity index (χ4v) is 3.31. The lowest BCUT2D eigenvalue weighted by Crippen LogP contribution is -2.55. The smallest absolute Gasteiger partial charge is 0.319 e. The van der Waals surface area contributed by atoms with E-state index in [9.17, 15) is 9.59 Å². The van der Waals surface area contributed by atoms with E-state index in [1.54, 1.807) is 4.90 Å². The van der Waals surface area contributed by atoms with Gasteiger partial charge in [0.2, 0.25) is 5.91 Å². The molecular weight excluding hydrogens is 306 g/mol. The number of benzene rings is 1. The molecule has 3 amide bonds. The van der Waals surface area contributed by atoms with E-state index in [-0.39, 0.29) is 11.9 Å². The minimum Gasteiger partial charge on any atom is -0.378 e. The number of nitrogens with one attached hydrogen (secondary N) is 2. The van der Waals surface area contributed by atoms with Crippen LogP contribution in [0.2, 0.25) is 0 Å². The number of carbonyl (C=O) groups excluding carboxylic acids is 2. The van der Waals surface area contributed by atoms with Crippen LogP contribution >= 0.6 is 0 Å². The monoisotopic (exact) mass is 329 g/mol. The Morgan fingerprint density at radius 2 is 2.00 bits per heavy atom. The average molecular weight is 329 g/mol. The Balaban J connectivity index is 1.96. The van der Waals surface area contributed by atoms with Crippen LogP contribution in [0.1, 0.15) is 22.7 Å². The van der Waals surface area contributed by atoms with Gasteiger partial charge in [-0.05, 0) is 25.0 Å². The van der Waals surface area contributed by atoms with Crippen LogP contribution in [0.25, 0.3) is 0 Å². The van der Waals surface area contributed by atoms with E-state index >= 15 is 0 Å². The summed E-state index contributed by atoms with van der Waals surface area (Å²) in [6.45, 7) is 10.1. The van der Waals surface area contributed by atoms with Crippen molar-refractivity contribution < 1.29 is 14.3 Å². The highest BCUT2D eigenvalue weighted by Gasteiger charge is 2.40. The molecule has 2 aliphatic rings. The molecule has 6 nitrogen and oxygen atoms in total. The topological polar surface area (TPSA) is 70.7 Å². The molecule has 2 N–H and O–H groups in total. The average Bonchev–Trinajstić information content (AvgIpc) is 2.56. The van der Waals surface area contributed by atoms with Crippen LogP contribution in [-0.4, -0.2) is 43.1 Å². The molecule has 128 valence electrons. The van der Waals surface area contributed by atoms with E-state index < -0.39 is 12.0 Å². The maximum absolute atomic E-state index is 13.1. The highest BCUT2D eigenvalue weighted by atomic mass is 16.5. The summed E-state index contributed by atoms with van der Waals surface area (Å²) in [5.74, 6) is -0.553. The molecule has 0 spiro atoms. The lowest BCUT2D eigenvalue weighted by atomic mass is 9.85. The van der Waals surface area contributed by atoms with Crippen LogP contribution < -0.4 is 10.6 Å². The first-order valence-electron chi connectivity index (χ1n) is 8.17. The Morgan fingerprint density at radius 3 is 2.71 bits per heavy atom. The summed E-state index contributed by atoms with van der Waals surface area (Å²) in [5, 5.41) is 5.57. The van der Waals surface area contributed by atoms with Crippen molar-refractivity contribution in [3.63, 3.8) is 0 Å². The van der Waals surface area contributed by atoms with Gasteiger partial charge in [-0.3, -0.25) is 4.79 Å². The zero-order chi connectivity index (χ0) is 17.3. The molecule has 0 saturated carbocycles. The summed E-state index contributed by atoms with van der Waals surface area (Å²) < 4.78 is 5.33. The number of urea groups is 1. The highest BCUT2D eigenvalue weighted by molar-refractivity contribution is 5.88. The third kappa shape index (κ3) is 3.14. The van der Waals surface area contributed by atoms with Crippen molar-refractivity contribution >= 4 is 11.9 Å². The fraction of sp³-hybridized carbons (Fsp3) is 0.444. The van der Waals surface area contributed by atoms with Crippen molar-refractivity contribution in [1.29, 1.82) is 0 Å². The van der Waals surface area contributed by atoms with E-state index in [4.69, 9.17) is 4.74 Å². The summed E-state index contributed by atoms with van der Waals surface area (Å²) in [5.41, 5.74) is 3.53. The van der Waals surface area contributed by atoms with Crippen LogP contribution in [0.3, 0.4) is 0 Å². The maximum Gasteiger partial charge on any atom is 0.319 e. The number of carbonyl (C=O) groups is 2. The summed E-state index contributed by atoms with van der Waals surface area (Å²) >= 11 is 0. The van der Waals surface area contributed by atoms with Gasteiger partial charge in [-0.1, -0.05) is 30.3 Å². The van der Waals surface area contributed by atoms with Crippen molar-refractivity contribution in [3.05, 3.63) is 47.2 Å².